The van der Waals surface area contributed by atoms with Crippen LogP contribution in [0.2, 0.25) is 0 Å². The number of unbranched alkanes of at least 4 members (excludes halogenated alkanes) is 2. The van der Waals surface area contributed by atoms with Crippen LogP contribution in [0.5, 0.6) is 5.75 Å². The minimum Gasteiger partial charge on any atom is -0.493 e. The molecule has 0 aromatic heterocycles. The van der Waals surface area contributed by atoms with Crippen molar-refractivity contribution >= 4 is 0 Å². The zero-order valence-corrected chi connectivity index (χ0v) is 16.0. The summed E-state index contributed by atoms with van der Waals surface area (Å²) in [5.74, 6) is 1.64. The van der Waals surface area contributed by atoms with E-state index in [9.17, 15) is 0 Å². The van der Waals surface area contributed by atoms with Crippen LogP contribution < -0.4 is 4.74 Å². The van der Waals surface area contributed by atoms with Crippen molar-refractivity contribution in [2.75, 3.05) is 33.4 Å². The minimum absolute atomic E-state index is 0.350. The molecule has 136 valence electrons. The minimum atomic E-state index is 0.350. The summed E-state index contributed by atoms with van der Waals surface area (Å²) in [6.45, 7) is 10.8. The topological polar surface area (TPSA) is 21.7 Å². The van der Waals surface area contributed by atoms with Gasteiger partial charge < -0.3 is 14.4 Å². The molecule has 2 rings (SSSR count). The van der Waals surface area contributed by atoms with Crippen LogP contribution in [-0.2, 0) is 4.74 Å². The van der Waals surface area contributed by atoms with E-state index in [1.165, 1.54) is 49.9 Å². The van der Waals surface area contributed by atoms with Gasteiger partial charge in [0.05, 0.1) is 12.7 Å². The van der Waals surface area contributed by atoms with Crippen molar-refractivity contribution in [2.24, 2.45) is 5.92 Å². The Labute approximate surface area is 148 Å². The van der Waals surface area contributed by atoms with Gasteiger partial charge in [-0.2, -0.15) is 0 Å². The van der Waals surface area contributed by atoms with Gasteiger partial charge in [-0.1, -0.05) is 31.9 Å². The molecule has 1 aliphatic heterocycles. The Morgan fingerprint density at radius 3 is 2.79 bits per heavy atom. The molecule has 3 nitrogen and oxygen atoms in total. The van der Waals surface area contributed by atoms with Crippen LogP contribution in [0.4, 0.5) is 0 Å². The van der Waals surface area contributed by atoms with Gasteiger partial charge in [0.15, 0.2) is 0 Å². The molecule has 0 radical (unpaired) electrons. The summed E-state index contributed by atoms with van der Waals surface area (Å²) < 4.78 is 11.8. The molecule has 1 aliphatic rings. The predicted molar refractivity (Wildman–Crippen MR) is 101 cm³/mol. The van der Waals surface area contributed by atoms with Gasteiger partial charge in [-0.15, -0.1) is 0 Å². The zero-order valence-electron chi connectivity index (χ0n) is 16.0. The first-order chi connectivity index (χ1) is 11.7. The third-order valence-electron chi connectivity index (χ3n) is 5.46. The second-order valence-corrected chi connectivity index (χ2v) is 7.17. The van der Waals surface area contributed by atoms with E-state index < -0.39 is 0 Å². The highest BCUT2D eigenvalue weighted by Gasteiger charge is 2.28. The van der Waals surface area contributed by atoms with Crippen molar-refractivity contribution < 1.29 is 9.47 Å². The molecule has 3 heteroatoms. The monoisotopic (exact) mass is 333 g/mol. The second kappa shape index (κ2) is 10.0. The molecule has 0 saturated carbocycles. The van der Waals surface area contributed by atoms with E-state index in [1.807, 2.05) is 7.11 Å². The fraction of sp³-hybridized carbons (Fsp3) is 0.714. The number of rotatable bonds is 9. The fourth-order valence-corrected chi connectivity index (χ4v) is 3.62. The molecule has 1 fully saturated rings. The molecule has 1 saturated heterocycles. The van der Waals surface area contributed by atoms with Crippen LogP contribution >= 0.6 is 0 Å². The van der Waals surface area contributed by atoms with Gasteiger partial charge in [-0.05, 0) is 69.3 Å². The highest BCUT2D eigenvalue weighted by molar-refractivity contribution is 5.38. The molecule has 0 amide bonds. The van der Waals surface area contributed by atoms with Gasteiger partial charge in [0, 0.05) is 13.7 Å². The van der Waals surface area contributed by atoms with E-state index in [0.29, 0.717) is 12.0 Å². The molecule has 0 spiro atoms. The Hall–Kier alpha value is -1.06. The molecule has 0 aliphatic carbocycles. The Morgan fingerprint density at radius 1 is 1.21 bits per heavy atom. The quantitative estimate of drug-likeness (QED) is 0.617. The molecule has 2 atom stereocenters. The van der Waals surface area contributed by atoms with Crippen molar-refractivity contribution in [3.63, 3.8) is 0 Å². The van der Waals surface area contributed by atoms with Gasteiger partial charge in [0.25, 0.3) is 0 Å². The highest BCUT2D eigenvalue weighted by atomic mass is 16.5. The largest absolute Gasteiger partial charge is 0.493 e. The van der Waals surface area contributed by atoms with Crippen molar-refractivity contribution in [3.05, 3.63) is 29.3 Å². The summed E-state index contributed by atoms with van der Waals surface area (Å²) in [7, 11) is 1.86. The summed E-state index contributed by atoms with van der Waals surface area (Å²) in [6.07, 6.45) is 6.59. The van der Waals surface area contributed by atoms with E-state index in [4.69, 9.17) is 9.47 Å². The van der Waals surface area contributed by atoms with Crippen molar-refractivity contribution in [1.82, 2.24) is 4.90 Å². The van der Waals surface area contributed by atoms with Crippen LogP contribution in [0.3, 0.4) is 0 Å². The zero-order chi connectivity index (χ0) is 17.4. The normalized spacial score (nSPS) is 21.8. The average Bonchev–Trinajstić information content (AvgIpc) is 2.59. The van der Waals surface area contributed by atoms with E-state index in [2.05, 4.69) is 43.9 Å². The Bertz CT molecular complexity index is 489. The number of hydrogen-bond donors (Lipinski definition) is 0. The maximum atomic E-state index is 6.05. The Morgan fingerprint density at radius 2 is 2.04 bits per heavy atom. The first kappa shape index (κ1) is 19.3. The maximum absolute atomic E-state index is 6.05. The smallest absolute Gasteiger partial charge is 0.122 e. The predicted octanol–water partition coefficient (Wildman–Crippen LogP) is 4.60. The molecule has 1 aromatic rings. The van der Waals surface area contributed by atoms with E-state index in [1.54, 1.807) is 0 Å². The molecule has 24 heavy (non-hydrogen) atoms. The van der Waals surface area contributed by atoms with E-state index >= 15 is 0 Å². The number of ether oxygens (including phenoxy) is 2. The highest BCUT2D eigenvalue weighted by Crippen LogP contribution is 2.25. The van der Waals surface area contributed by atoms with Crippen LogP contribution in [0, 0.1) is 19.8 Å². The van der Waals surface area contributed by atoms with Crippen molar-refractivity contribution in [1.29, 1.82) is 0 Å². The molecule has 1 aromatic carbocycles. The standard InChI is InChI=1S/C21H35NO2/c1-5-6-7-13-22-14-11-19(21(16-22)23-4)12-15-24-20-10-8-9-17(2)18(20)3/h8-10,19,21H,5-7,11-16H2,1-4H3/t19-,21+/m1/s1. The number of nitrogens with zero attached hydrogens (tertiary/aromatic N) is 1. The molecule has 0 unspecified atom stereocenters. The van der Waals surface area contributed by atoms with Gasteiger partial charge >= 0.3 is 0 Å². The molecule has 1 heterocycles. The van der Waals surface area contributed by atoms with Gasteiger partial charge in [-0.25, -0.2) is 0 Å². The third kappa shape index (κ3) is 5.49. The van der Waals surface area contributed by atoms with Crippen LogP contribution in [-0.4, -0.2) is 44.4 Å². The van der Waals surface area contributed by atoms with Crippen LogP contribution in [0.25, 0.3) is 0 Å². The Kier molecular flexibility index (Phi) is 8.07. The lowest BCUT2D eigenvalue weighted by molar-refractivity contribution is -0.0180. The van der Waals surface area contributed by atoms with Gasteiger partial charge in [0.1, 0.15) is 5.75 Å². The van der Waals surface area contributed by atoms with E-state index in [0.717, 1.165) is 25.3 Å². The maximum Gasteiger partial charge on any atom is 0.122 e. The summed E-state index contributed by atoms with van der Waals surface area (Å²) in [4.78, 5) is 2.58. The first-order valence-electron chi connectivity index (χ1n) is 9.59. The van der Waals surface area contributed by atoms with Gasteiger partial charge in [0.2, 0.25) is 0 Å². The first-order valence-corrected chi connectivity index (χ1v) is 9.59. The number of methoxy groups -OCH3 is 1. The number of likely N-dealkylation sites (tertiary alicyclic amines) is 1. The third-order valence-corrected chi connectivity index (χ3v) is 5.46. The van der Waals surface area contributed by atoms with Crippen molar-refractivity contribution in [3.8, 4) is 5.75 Å². The summed E-state index contributed by atoms with van der Waals surface area (Å²) in [6, 6.07) is 6.29. The molecule has 0 bridgehead atoms. The summed E-state index contributed by atoms with van der Waals surface area (Å²) in [5.41, 5.74) is 2.55. The van der Waals surface area contributed by atoms with E-state index in [-0.39, 0.29) is 0 Å². The lowest BCUT2D eigenvalue weighted by atomic mass is 9.90. The van der Waals surface area contributed by atoms with Gasteiger partial charge in [-0.3, -0.25) is 0 Å². The lowest BCUT2D eigenvalue weighted by Gasteiger charge is -2.37. The van der Waals surface area contributed by atoms with Crippen LogP contribution in [0.1, 0.15) is 50.2 Å². The second-order valence-electron chi connectivity index (χ2n) is 7.17. The molecular formula is C21H35NO2. The Balaban J connectivity index is 1.77. The number of aryl methyl sites for hydroxylation is 1. The van der Waals surface area contributed by atoms with Crippen molar-refractivity contribution in [2.45, 2.75) is 59.0 Å². The molecular weight excluding hydrogens is 298 g/mol. The molecule has 0 N–H and O–H groups in total. The number of hydrogen-bond acceptors (Lipinski definition) is 3. The SMILES string of the molecule is CCCCCN1CC[C@H](CCOc2cccc(C)c2C)[C@@H](OC)C1. The summed E-state index contributed by atoms with van der Waals surface area (Å²) >= 11 is 0. The summed E-state index contributed by atoms with van der Waals surface area (Å²) in [5, 5.41) is 0. The number of piperidine rings is 1. The number of benzene rings is 1. The lowest BCUT2D eigenvalue weighted by Crippen LogP contribution is -2.45. The average molecular weight is 334 g/mol. The fourth-order valence-electron chi connectivity index (χ4n) is 3.62. The van der Waals surface area contributed by atoms with Crippen LogP contribution in [0.15, 0.2) is 18.2 Å².